The Labute approximate surface area is 673 Å². The van der Waals surface area contributed by atoms with Crippen LogP contribution in [0, 0.1) is 0 Å². The number of hydrogen-bond donors (Lipinski definition) is 0. The van der Waals surface area contributed by atoms with E-state index in [2.05, 4.69) is 420 Å². The lowest BCUT2D eigenvalue weighted by Gasteiger charge is -2.28. The van der Waals surface area contributed by atoms with Crippen LogP contribution in [0.2, 0.25) is 0 Å². The molecule has 0 aliphatic rings. The lowest BCUT2D eigenvalue weighted by Crippen LogP contribution is -2.11. The van der Waals surface area contributed by atoms with Crippen LogP contribution in [0.25, 0.3) is 141 Å². The predicted molar refractivity (Wildman–Crippen MR) is 490 cm³/mol. The fourth-order valence-corrected chi connectivity index (χ4v) is 18.4. The van der Waals surface area contributed by atoms with Crippen LogP contribution in [0.5, 0.6) is 0 Å². The molecule has 0 unspecified atom stereocenters. The van der Waals surface area contributed by atoms with Crippen molar-refractivity contribution in [3.05, 3.63) is 425 Å². The predicted octanol–water partition coefficient (Wildman–Crippen LogP) is 32.1. The molecule has 0 aliphatic carbocycles. The number of thiophene rings is 1. The summed E-state index contributed by atoms with van der Waals surface area (Å²) >= 11 is 1.85. The van der Waals surface area contributed by atoms with Gasteiger partial charge in [-0.3, -0.25) is 0 Å². The van der Waals surface area contributed by atoms with E-state index in [-0.39, 0.29) is 0 Å². The number of hydrogen-bond acceptors (Lipinski definition) is 8. The van der Waals surface area contributed by atoms with Gasteiger partial charge in [-0.2, -0.15) is 0 Å². The number of furan rings is 3. The fourth-order valence-electron chi connectivity index (χ4n) is 17.4. The summed E-state index contributed by atoms with van der Waals surface area (Å²) in [5.41, 5.74) is 22.8. The third-order valence-corrected chi connectivity index (χ3v) is 23.8. The highest BCUT2D eigenvalue weighted by atomic mass is 32.1. The average Bonchev–Trinajstić information content (AvgIpc) is 1.43. The monoisotopic (exact) mass is 1500 g/mol. The average molecular weight is 1500 g/mol. The molecule has 0 saturated heterocycles. The van der Waals surface area contributed by atoms with E-state index < -0.39 is 0 Å². The highest BCUT2D eigenvalue weighted by Crippen LogP contribution is 2.51. The van der Waals surface area contributed by atoms with Gasteiger partial charge < -0.3 is 32.9 Å². The van der Waals surface area contributed by atoms with E-state index in [1.54, 1.807) is 0 Å². The molecule has 0 saturated carbocycles. The van der Waals surface area contributed by atoms with E-state index in [1.807, 2.05) is 35.6 Å². The number of nitrogens with zero attached hydrogens (tertiary/aromatic N) is 4. The van der Waals surface area contributed by atoms with Gasteiger partial charge in [-0.05, 0) is 209 Å². The smallest absolute Gasteiger partial charge is 0.143 e. The minimum absolute atomic E-state index is 0.852. The van der Waals surface area contributed by atoms with Crippen molar-refractivity contribution in [3.63, 3.8) is 0 Å². The van der Waals surface area contributed by atoms with Crippen molar-refractivity contribution >= 4 is 198 Å². The number of rotatable bonds is 14. The van der Waals surface area contributed by atoms with E-state index >= 15 is 0 Å². The number of benzene rings is 19. The summed E-state index contributed by atoms with van der Waals surface area (Å²) in [5, 5.41) is 15.9. The van der Waals surface area contributed by atoms with Gasteiger partial charge in [0.1, 0.15) is 33.5 Å². The van der Waals surface area contributed by atoms with Crippen LogP contribution in [0.1, 0.15) is 0 Å². The van der Waals surface area contributed by atoms with E-state index in [4.69, 9.17) is 13.3 Å². The zero-order valence-corrected chi connectivity index (χ0v) is 63.7. The minimum Gasteiger partial charge on any atom is -0.456 e. The molecule has 0 aliphatic heterocycles. The molecular formula is C108H70N4O3S. The summed E-state index contributed by atoms with van der Waals surface area (Å²) in [5.74, 6) is 0. The van der Waals surface area contributed by atoms with Crippen LogP contribution in [0.3, 0.4) is 0 Å². The molecule has 0 fully saturated rings. The number of para-hydroxylation sites is 7. The van der Waals surface area contributed by atoms with Crippen molar-refractivity contribution in [2.75, 3.05) is 19.6 Å². The van der Waals surface area contributed by atoms with Gasteiger partial charge in [0.2, 0.25) is 0 Å². The lowest BCUT2D eigenvalue weighted by molar-refractivity contribution is 0.669. The summed E-state index contributed by atoms with van der Waals surface area (Å²) in [6, 6.07) is 151. The maximum Gasteiger partial charge on any atom is 0.143 e. The Kier molecular flexibility index (Phi) is 16.6. The summed E-state index contributed by atoms with van der Waals surface area (Å²) in [6.45, 7) is 0. The highest BCUT2D eigenvalue weighted by molar-refractivity contribution is 7.25. The molecule has 0 bridgehead atoms. The molecule has 19 aromatic carbocycles. The molecule has 0 spiro atoms. The second-order valence-corrected chi connectivity index (χ2v) is 30.5. The van der Waals surface area contributed by atoms with Crippen LogP contribution in [-0.2, 0) is 0 Å². The molecule has 0 atom stereocenters. The Bertz CT molecular complexity index is 7590. The van der Waals surface area contributed by atoms with Crippen molar-refractivity contribution in [2.24, 2.45) is 0 Å². The first-order chi connectivity index (χ1) is 57.5. The molecule has 0 N–H and O–H groups in total. The van der Waals surface area contributed by atoms with Crippen molar-refractivity contribution < 1.29 is 13.3 Å². The van der Waals surface area contributed by atoms with Crippen molar-refractivity contribution in [2.45, 2.75) is 0 Å². The van der Waals surface area contributed by atoms with E-state index in [0.717, 1.165) is 167 Å². The Morgan fingerprint density at radius 2 is 0.560 bits per heavy atom. The first kappa shape index (κ1) is 67.7. The van der Waals surface area contributed by atoms with Crippen LogP contribution < -0.4 is 19.6 Å². The Balaban J connectivity index is 0.000000141. The Morgan fingerprint density at radius 3 is 1.16 bits per heavy atom. The molecule has 0 radical (unpaired) electrons. The zero-order valence-electron chi connectivity index (χ0n) is 62.8. The van der Waals surface area contributed by atoms with Crippen LogP contribution in [0.4, 0.5) is 68.2 Å². The van der Waals surface area contributed by atoms with E-state index in [0.29, 0.717) is 0 Å². The summed E-state index contributed by atoms with van der Waals surface area (Å²) in [4.78, 5) is 9.34. The SMILES string of the molecule is c1ccc(-c2ccccc2N(c2ccc3c(ccc4c5ccc(N(c6ccccc6)c6ccccc6)cc5oc34)c2)c2ccc3oc4ccccc4c3c2)cc1.c1ccc(-c2ccccc2N(c2ccc3sc4ccccc4c3c2)c2ccc3c(c2)c2ccccc2c2c4ccc(N(c5ccccc5)c5ccccc5)cc4oc32)cc1. The first-order valence-corrected chi connectivity index (χ1v) is 40.1. The maximum absolute atomic E-state index is 7.02. The van der Waals surface area contributed by atoms with Crippen LogP contribution in [-0.4, -0.2) is 0 Å². The van der Waals surface area contributed by atoms with Crippen molar-refractivity contribution in [1.82, 2.24) is 0 Å². The molecule has 546 valence electrons. The van der Waals surface area contributed by atoms with Crippen molar-refractivity contribution in [3.8, 4) is 22.3 Å². The molecule has 4 heterocycles. The lowest BCUT2D eigenvalue weighted by atomic mass is 9.95. The van der Waals surface area contributed by atoms with Gasteiger partial charge in [0.15, 0.2) is 0 Å². The molecule has 116 heavy (non-hydrogen) atoms. The fraction of sp³-hybridized carbons (Fsp3) is 0. The molecule has 8 heteroatoms. The number of anilines is 12. The topological polar surface area (TPSA) is 52.4 Å². The van der Waals surface area contributed by atoms with E-state index in [9.17, 15) is 0 Å². The van der Waals surface area contributed by atoms with Gasteiger partial charge in [-0.1, -0.05) is 237 Å². The Morgan fingerprint density at radius 1 is 0.181 bits per heavy atom. The largest absolute Gasteiger partial charge is 0.456 e. The third-order valence-electron chi connectivity index (χ3n) is 22.6. The Hall–Kier alpha value is -15.2. The van der Waals surface area contributed by atoms with Crippen LogP contribution in [0.15, 0.2) is 438 Å². The standard InChI is InChI=1S/C56H36N2OS.C52H34N2O2/c1-4-16-37(17-5-1)43-22-12-14-26-51(43)58(41-30-33-54-50(35-41)45-24-13-15-27-53(45)60-54)40-28-31-47-49(34-40)44-23-10-11-25-46(44)55-48-32-29-42(36-52(48)59-56(47)55)57(38-18-6-2-7-19-38)39-20-8-3-9-21-39;1-4-14-35(15-5-1)42-20-10-12-22-48(42)54(40-27-31-50-47(33-40)44-21-11-13-23-49(44)55-50)39-25-29-43-36(32-39)24-28-46-45-30-26-41(34-51(45)56-52(43)46)53(37-16-6-2-7-17-37)38-18-8-3-9-19-38/h1-36H;1-34H. The van der Waals surface area contributed by atoms with Gasteiger partial charge in [0.25, 0.3) is 0 Å². The van der Waals surface area contributed by atoms with E-state index in [1.165, 1.54) is 42.1 Å². The molecular weight excluding hydrogens is 1430 g/mol. The van der Waals surface area contributed by atoms with Gasteiger partial charge in [0, 0.05) is 143 Å². The zero-order chi connectivity index (χ0) is 76.6. The molecule has 7 nitrogen and oxygen atoms in total. The summed E-state index contributed by atoms with van der Waals surface area (Å²) in [7, 11) is 0. The normalized spacial score (nSPS) is 11.6. The second kappa shape index (κ2) is 28.5. The maximum atomic E-state index is 7.02. The van der Waals surface area contributed by atoms with Gasteiger partial charge in [-0.15, -0.1) is 11.3 Å². The van der Waals surface area contributed by atoms with Crippen molar-refractivity contribution in [1.29, 1.82) is 0 Å². The molecule has 4 aromatic heterocycles. The summed E-state index contributed by atoms with van der Waals surface area (Å²) < 4.78 is 22.7. The van der Waals surface area contributed by atoms with Gasteiger partial charge in [0.05, 0.1) is 11.4 Å². The quantitative estimate of drug-likeness (QED) is 0.101. The minimum atomic E-state index is 0.852. The molecule has 23 aromatic rings. The summed E-state index contributed by atoms with van der Waals surface area (Å²) in [6.07, 6.45) is 0. The van der Waals surface area contributed by atoms with Crippen LogP contribution >= 0.6 is 11.3 Å². The molecule has 23 rings (SSSR count). The first-order valence-electron chi connectivity index (χ1n) is 39.3. The third kappa shape index (κ3) is 11.8. The number of fused-ring (bicyclic) bond motifs is 19. The molecule has 0 amide bonds. The van der Waals surface area contributed by atoms with Gasteiger partial charge in [-0.25, -0.2) is 0 Å². The highest BCUT2D eigenvalue weighted by Gasteiger charge is 2.26. The van der Waals surface area contributed by atoms with Gasteiger partial charge >= 0.3 is 0 Å². The second-order valence-electron chi connectivity index (χ2n) is 29.4.